The third-order valence-electron chi connectivity index (χ3n) is 5.06. The van der Waals surface area contributed by atoms with Gasteiger partial charge in [0.2, 0.25) is 0 Å². The van der Waals surface area contributed by atoms with Gasteiger partial charge in [0.25, 0.3) is 0 Å². The highest BCUT2D eigenvalue weighted by Gasteiger charge is 2.52. The smallest absolute Gasteiger partial charge is 0.373 e. The van der Waals surface area contributed by atoms with Gasteiger partial charge in [0.05, 0.1) is 12.2 Å². The van der Waals surface area contributed by atoms with Gasteiger partial charge in [0, 0.05) is 4.47 Å². The molecule has 2 aliphatic rings. The van der Waals surface area contributed by atoms with Crippen molar-refractivity contribution < 1.29 is 27.8 Å². The van der Waals surface area contributed by atoms with Crippen molar-refractivity contribution in [2.75, 3.05) is 0 Å². The number of aryl methyl sites for hydroxylation is 2. The summed E-state index contributed by atoms with van der Waals surface area (Å²) < 4.78 is 46.4. The Morgan fingerprint density at radius 2 is 1.26 bits per heavy atom. The summed E-state index contributed by atoms with van der Waals surface area (Å²) in [4.78, 5) is -8.33. The van der Waals surface area contributed by atoms with Gasteiger partial charge in [-0.3, -0.25) is 0 Å². The molecule has 2 aromatic carbocycles. The van der Waals surface area contributed by atoms with Crippen molar-refractivity contribution in [3.8, 4) is 0 Å². The molecule has 0 fully saturated rings. The van der Waals surface area contributed by atoms with Gasteiger partial charge >= 0.3 is 9.66 Å². The molecule has 172 valence electrons. The molecule has 2 unspecified atom stereocenters. The molecular weight excluding hydrogens is 612 g/mol. The summed E-state index contributed by atoms with van der Waals surface area (Å²) in [7, 11) is 0. The van der Waals surface area contributed by atoms with Crippen LogP contribution in [0.2, 0.25) is 0 Å². The summed E-state index contributed by atoms with van der Waals surface area (Å²) in [5.41, 5.74) is 4.86. The molecule has 2 atom stereocenters. The van der Waals surface area contributed by atoms with E-state index in [1.54, 1.807) is 0 Å². The van der Waals surface area contributed by atoms with Crippen LogP contribution in [0.1, 0.15) is 60.1 Å². The average Bonchev–Trinajstić information content (AvgIpc) is 2.68. The lowest BCUT2D eigenvalue weighted by molar-refractivity contribution is -0.0724. The second-order valence-corrected chi connectivity index (χ2v) is 10.2. The van der Waals surface area contributed by atoms with Crippen molar-refractivity contribution in [3.63, 3.8) is 0 Å². The van der Waals surface area contributed by atoms with Crippen molar-refractivity contribution in [3.05, 3.63) is 69.2 Å². The Morgan fingerprint density at radius 3 is 1.81 bits per heavy atom. The van der Waals surface area contributed by atoms with E-state index in [1.165, 1.54) is 43.0 Å². The normalized spacial score (nSPS) is 20.3. The largest absolute Gasteiger partial charge is 0.388 e. The quantitative estimate of drug-likeness (QED) is 0.248. The molecule has 0 bridgehead atoms. The fourth-order valence-corrected chi connectivity index (χ4v) is 4.20. The molecule has 4 rings (SSSR count). The molecule has 2 N–H and O–H groups in total. The summed E-state index contributed by atoms with van der Waals surface area (Å²) in [6.07, 6.45) is 5.82. The minimum Gasteiger partial charge on any atom is -0.388 e. The molecule has 2 aliphatic carbocycles. The number of alkyl halides is 6. The van der Waals surface area contributed by atoms with Crippen LogP contribution in [0.3, 0.4) is 0 Å². The van der Waals surface area contributed by atoms with Gasteiger partial charge < -0.3 is 10.2 Å². The van der Waals surface area contributed by atoms with Crippen LogP contribution < -0.4 is 0 Å². The first kappa shape index (κ1) is 26.8. The third-order valence-corrected chi connectivity index (χ3v) is 7.28. The first-order valence-corrected chi connectivity index (χ1v) is 12.1. The van der Waals surface area contributed by atoms with Crippen molar-refractivity contribution in [1.29, 1.82) is 0 Å². The van der Waals surface area contributed by atoms with E-state index in [0.29, 0.717) is 0 Å². The van der Waals surface area contributed by atoms with Gasteiger partial charge in [0.1, 0.15) is 0 Å². The van der Waals surface area contributed by atoms with Crippen molar-refractivity contribution in [2.45, 2.75) is 60.4 Å². The Labute approximate surface area is 204 Å². The summed E-state index contributed by atoms with van der Waals surface area (Å²) in [6, 6.07) is 14.3. The molecule has 0 radical (unpaired) electrons. The Morgan fingerprint density at radius 1 is 0.742 bits per heavy atom. The highest BCUT2D eigenvalue weighted by molar-refractivity contribution is 9.12. The van der Waals surface area contributed by atoms with Crippen molar-refractivity contribution >= 4 is 47.8 Å². The molecule has 31 heavy (non-hydrogen) atoms. The standard InChI is InChI=1S/C10H11BrO.C10H12O.C2Br2F4/c11-8-5-1-3-7-4-2-6-9(12)10(7)8;11-10-7-3-5-8-4-1-2-6-9(8)10;3-1(5,6)2(4,7)8/h1,3,5,9,12H,2,4,6H2;1-2,4,6,10-11H,3,5,7H2;. The Bertz CT molecular complexity index is 841. The van der Waals surface area contributed by atoms with Crippen LogP contribution in [0.4, 0.5) is 17.6 Å². The maximum atomic E-state index is 11.3. The van der Waals surface area contributed by atoms with Crippen LogP contribution in [0.5, 0.6) is 0 Å². The first-order valence-electron chi connectivity index (χ1n) is 9.76. The minimum atomic E-state index is -4.17. The molecule has 0 saturated carbocycles. The molecule has 0 heterocycles. The first-order chi connectivity index (χ1) is 14.4. The van der Waals surface area contributed by atoms with E-state index < -0.39 is 9.66 Å². The monoisotopic (exact) mass is 632 g/mol. The van der Waals surface area contributed by atoms with E-state index in [9.17, 15) is 27.8 Å². The molecule has 2 aromatic rings. The number of aliphatic hydroxyl groups excluding tert-OH is 2. The molecule has 0 spiro atoms. The zero-order chi connectivity index (χ0) is 23.2. The predicted molar refractivity (Wildman–Crippen MR) is 124 cm³/mol. The highest BCUT2D eigenvalue weighted by atomic mass is 79.9. The zero-order valence-corrected chi connectivity index (χ0v) is 21.2. The number of hydrogen-bond donors (Lipinski definition) is 2. The summed E-state index contributed by atoms with van der Waals surface area (Å²) >= 11 is 6.40. The van der Waals surface area contributed by atoms with E-state index in [0.717, 1.165) is 54.1 Å². The van der Waals surface area contributed by atoms with Crippen LogP contribution >= 0.6 is 47.8 Å². The number of halogens is 7. The number of fused-ring (bicyclic) bond motifs is 2. The predicted octanol–water partition coefficient (Wildman–Crippen LogP) is 7.84. The fourth-order valence-electron chi connectivity index (χ4n) is 3.53. The van der Waals surface area contributed by atoms with Gasteiger partial charge in [0.15, 0.2) is 0 Å². The SMILES string of the molecule is FC(F)(Br)C(F)(F)Br.OC1CCCc2cccc(Br)c21.OC1CCCc2ccccc21. The molecule has 0 aliphatic heterocycles. The maximum absolute atomic E-state index is 11.3. The molecular formula is C22H23Br3F4O2. The Hall–Kier alpha value is -0.480. The van der Waals surface area contributed by atoms with Crippen LogP contribution in [-0.2, 0) is 12.8 Å². The van der Waals surface area contributed by atoms with Gasteiger partial charge in [-0.05, 0) is 98.7 Å². The topological polar surface area (TPSA) is 40.5 Å². The lowest BCUT2D eigenvalue weighted by Crippen LogP contribution is -2.27. The Balaban J connectivity index is 0.000000169. The minimum absolute atomic E-state index is 0.208. The average molecular weight is 635 g/mol. The fraction of sp³-hybridized carbons (Fsp3) is 0.455. The highest BCUT2D eigenvalue weighted by Crippen LogP contribution is 2.43. The number of rotatable bonds is 1. The lowest BCUT2D eigenvalue weighted by Gasteiger charge is -2.22. The number of hydrogen-bond acceptors (Lipinski definition) is 2. The van der Waals surface area contributed by atoms with Crippen LogP contribution in [0.25, 0.3) is 0 Å². The molecule has 0 amide bonds. The second-order valence-electron chi connectivity index (χ2n) is 7.32. The van der Waals surface area contributed by atoms with E-state index in [-0.39, 0.29) is 12.2 Å². The molecule has 2 nitrogen and oxygen atoms in total. The summed E-state index contributed by atoms with van der Waals surface area (Å²) in [5.74, 6) is 0. The summed E-state index contributed by atoms with van der Waals surface area (Å²) in [5, 5.41) is 19.3. The number of benzene rings is 2. The van der Waals surface area contributed by atoms with Gasteiger partial charge in [-0.2, -0.15) is 17.6 Å². The number of aliphatic hydroxyl groups is 2. The Kier molecular flexibility index (Phi) is 10.0. The van der Waals surface area contributed by atoms with Crippen molar-refractivity contribution in [1.82, 2.24) is 0 Å². The van der Waals surface area contributed by atoms with E-state index in [4.69, 9.17) is 0 Å². The van der Waals surface area contributed by atoms with Gasteiger partial charge in [-0.15, -0.1) is 0 Å². The van der Waals surface area contributed by atoms with E-state index >= 15 is 0 Å². The molecule has 0 saturated heterocycles. The van der Waals surface area contributed by atoms with Crippen LogP contribution in [0, 0.1) is 0 Å². The van der Waals surface area contributed by atoms with E-state index in [1.807, 2.05) is 30.3 Å². The second kappa shape index (κ2) is 11.6. The molecule has 9 heteroatoms. The summed E-state index contributed by atoms with van der Waals surface area (Å²) in [6.45, 7) is 0. The third kappa shape index (κ3) is 7.81. The molecule has 0 aromatic heterocycles. The van der Waals surface area contributed by atoms with Gasteiger partial charge in [-0.1, -0.05) is 52.3 Å². The van der Waals surface area contributed by atoms with Gasteiger partial charge in [-0.25, -0.2) is 0 Å². The van der Waals surface area contributed by atoms with E-state index in [2.05, 4.69) is 28.1 Å². The van der Waals surface area contributed by atoms with Crippen LogP contribution in [0.15, 0.2) is 46.9 Å². The lowest BCUT2D eigenvalue weighted by atomic mass is 9.90. The zero-order valence-electron chi connectivity index (χ0n) is 16.5. The van der Waals surface area contributed by atoms with Crippen LogP contribution in [-0.4, -0.2) is 19.9 Å². The van der Waals surface area contributed by atoms with Crippen molar-refractivity contribution in [2.24, 2.45) is 0 Å². The maximum Gasteiger partial charge on any atom is 0.373 e.